The van der Waals surface area contributed by atoms with Crippen LogP contribution in [0.25, 0.3) is 0 Å². The fourth-order valence-corrected chi connectivity index (χ4v) is 3.97. The molecule has 0 spiro atoms. The number of aromatic nitrogens is 2. The number of carbonyl (C=O) groups excluding carboxylic acids is 1. The number of amides is 1. The lowest BCUT2D eigenvalue weighted by Crippen LogP contribution is -2.45. The lowest BCUT2D eigenvalue weighted by Gasteiger charge is -2.22. The third-order valence-corrected chi connectivity index (χ3v) is 5.26. The van der Waals surface area contributed by atoms with E-state index in [0.717, 1.165) is 30.7 Å². The van der Waals surface area contributed by atoms with E-state index >= 15 is 0 Å². The molecule has 8 nitrogen and oxygen atoms in total. The van der Waals surface area contributed by atoms with Crippen LogP contribution < -0.4 is 15.4 Å². The minimum atomic E-state index is -3.67. The van der Waals surface area contributed by atoms with Gasteiger partial charge in [-0.05, 0) is 19.4 Å². The third kappa shape index (κ3) is 3.93. The van der Waals surface area contributed by atoms with E-state index in [4.69, 9.17) is 0 Å². The monoisotopic (exact) mass is 305 g/mol. The summed E-state index contributed by atoms with van der Waals surface area (Å²) in [7, 11) is -3.67. The Bertz CT molecular complexity index is 550. The van der Waals surface area contributed by atoms with Crippen molar-refractivity contribution < 1.29 is 13.2 Å². The number of anilines is 1. The van der Waals surface area contributed by atoms with Crippen molar-refractivity contribution >= 4 is 32.4 Å². The highest BCUT2D eigenvalue weighted by Gasteiger charge is 2.25. The topological polar surface area (TPSA) is 113 Å². The summed E-state index contributed by atoms with van der Waals surface area (Å²) in [6.07, 6.45) is 1.73. The van der Waals surface area contributed by atoms with Gasteiger partial charge in [0, 0.05) is 19.5 Å². The number of piperidine rings is 1. The van der Waals surface area contributed by atoms with Gasteiger partial charge in [-0.1, -0.05) is 11.3 Å². The number of hydrogen-bond donors (Lipinski definition) is 3. The maximum atomic E-state index is 12.1. The van der Waals surface area contributed by atoms with Crippen LogP contribution in [0.4, 0.5) is 5.13 Å². The molecule has 2 heterocycles. The predicted molar refractivity (Wildman–Crippen MR) is 70.4 cm³/mol. The van der Waals surface area contributed by atoms with E-state index in [1.807, 2.05) is 0 Å². The van der Waals surface area contributed by atoms with Crippen molar-refractivity contribution in [1.82, 2.24) is 20.2 Å². The molecule has 19 heavy (non-hydrogen) atoms. The number of nitrogens with one attached hydrogen (secondary N) is 3. The molecule has 1 aromatic rings. The molecule has 1 fully saturated rings. The second kappa shape index (κ2) is 5.90. The molecule has 0 aliphatic carbocycles. The standard InChI is InChI=1S/C9H15N5O3S2/c1-6(15)11-8-12-13-9(18-8)19(16,17)14-7-3-2-4-10-5-7/h7,10,14H,2-5H2,1H3,(H,11,12,15)/t7-/m1/s1. The molecule has 1 saturated heterocycles. The summed E-state index contributed by atoms with van der Waals surface area (Å²) >= 11 is 0.832. The zero-order valence-corrected chi connectivity index (χ0v) is 12.0. The highest BCUT2D eigenvalue weighted by Crippen LogP contribution is 2.20. The molecule has 3 N–H and O–H groups in total. The quantitative estimate of drug-likeness (QED) is 0.648. The van der Waals surface area contributed by atoms with Gasteiger partial charge in [-0.2, -0.15) is 0 Å². The summed E-state index contributed by atoms with van der Waals surface area (Å²) in [6.45, 7) is 2.84. The van der Waals surface area contributed by atoms with Crippen molar-refractivity contribution in [2.75, 3.05) is 18.4 Å². The van der Waals surface area contributed by atoms with Crippen molar-refractivity contribution in [3.8, 4) is 0 Å². The Morgan fingerprint density at radius 3 is 2.89 bits per heavy atom. The van der Waals surface area contributed by atoms with Gasteiger partial charge in [0.15, 0.2) is 0 Å². The first kappa shape index (κ1) is 14.3. The Labute approximate surface area is 115 Å². The average Bonchev–Trinajstić information content (AvgIpc) is 2.78. The molecule has 0 saturated carbocycles. The van der Waals surface area contributed by atoms with E-state index in [-0.39, 0.29) is 21.4 Å². The molecule has 106 valence electrons. The predicted octanol–water partition coefficient (Wildman–Crippen LogP) is -0.473. The van der Waals surface area contributed by atoms with Crippen molar-refractivity contribution in [2.45, 2.75) is 30.1 Å². The summed E-state index contributed by atoms with van der Waals surface area (Å²) in [4.78, 5) is 10.8. The van der Waals surface area contributed by atoms with Crippen LogP contribution in [-0.2, 0) is 14.8 Å². The Hall–Kier alpha value is -1.10. The van der Waals surface area contributed by atoms with Crippen LogP contribution in [0.1, 0.15) is 19.8 Å². The smallest absolute Gasteiger partial charge is 0.270 e. The van der Waals surface area contributed by atoms with E-state index in [1.165, 1.54) is 6.92 Å². The van der Waals surface area contributed by atoms with Gasteiger partial charge in [-0.3, -0.25) is 4.79 Å². The van der Waals surface area contributed by atoms with Gasteiger partial charge in [-0.15, -0.1) is 10.2 Å². The molecule has 1 atom stereocenters. The van der Waals surface area contributed by atoms with Gasteiger partial charge < -0.3 is 10.6 Å². The number of rotatable bonds is 4. The van der Waals surface area contributed by atoms with E-state index in [0.29, 0.717) is 6.54 Å². The molecule has 2 rings (SSSR count). The SMILES string of the molecule is CC(=O)Nc1nnc(S(=O)(=O)N[C@@H]2CCCNC2)s1. The molecule has 10 heteroatoms. The molecule has 1 aromatic heterocycles. The van der Waals surface area contributed by atoms with Gasteiger partial charge in [0.1, 0.15) is 0 Å². The average molecular weight is 305 g/mol. The molecule has 0 unspecified atom stereocenters. The summed E-state index contributed by atoms with van der Waals surface area (Å²) in [6, 6.07) is -0.133. The Morgan fingerprint density at radius 1 is 1.47 bits per heavy atom. The van der Waals surface area contributed by atoms with Crippen molar-refractivity contribution in [3.63, 3.8) is 0 Å². The van der Waals surface area contributed by atoms with Gasteiger partial charge in [-0.25, -0.2) is 13.1 Å². The van der Waals surface area contributed by atoms with Crippen LogP contribution in [0.3, 0.4) is 0 Å². The molecule has 0 radical (unpaired) electrons. The van der Waals surface area contributed by atoms with Crippen LogP contribution >= 0.6 is 11.3 Å². The third-order valence-electron chi connectivity index (χ3n) is 2.54. The maximum Gasteiger partial charge on any atom is 0.270 e. The normalized spacial score (nSPS) is 20.2. The van der Waals surface area contributed by atoms with Gasteiger partial charge in [0.05, 0.1) is 0 Å². The minimum absolute atomic E-state index is 0.133. The number of hydrogen-bond acceptors (Lipinski definition) is 7. The van der Waals surface area contributed by atoms with Crippen molar-refractivity contribution in [3.05, 3.63) is 0 Å². The van der Waals surface area contributed by atoms with E-state index in [1.54, 1.807) is 0 Å². The van der Waals surface area contributed by atoms with Gasteiger partial charge in [0.2, 0.25) is 15.4 Å². The maximum absolute atomic E-state index is 12.1. The largest absolute Gasteiger partial charge is 0.315 e. The van der Waals surface area contributed by atoms with Gasteiger partial charge >= 0.3 is 0 Å². The Balaban J connectivity index is 2.06. The summed E-state index contributed by atoms with van der Waals surface area (Å²) in [5.74, 6) is -0.315. The molecular formula is C9H15N5O3S2. The van der Waals surface area contributed by atoms with Crippen LogP contribution in [0.5, 0.6) is 0 Å². The molecule has 0 aromatic carbocycles. The number of nitrogens with zero attached hydrogens (tertiary/aromatic N) is 2. The summed E-state index contributed by atoms with van der Waals surface area (Å²) in [5, 5.41) is 12.9. The fourth-order valence-electron chi connectivity index (χ4n) is 1.74. The zero-order chi connectivity index (χ0) is 13.9. The van der Waals surface area contributed by atoms with Crippen LogP contribution in [0.2, 0.25) is 0 Å². The Kier molecular flexibility index (Phi) is 4.45. The fraction of sp³-hybridized carbons (Fsp3) is 0.667. The first-order valence-electron chi connectivity index (χ1n) is 5.81. The highest BCUT2D eigenvalue weighted by atomic mass is 32.2. The van der Waals surface area contributed by atoms with E-state index in [9.17, 15) is 13.2 Å². The molecule has 1 amide bonds. The molecule has 0 bridgehead atoms. The van der Waals surface area contributed by atoms with Crippen molar-refractivity contribution in [2.24, 2.45) is 0 Å². The molecular weight excluding hydrogens is 290 g/mol. The van der Waals surface area contributed by atoms with E-state index < -0.39 is 10.0 Å². The summed E-state index contributed by atoms with van der Waals surface area (Å²) < 4.78 is 26.6. The Morgan fingerprint density at radius 2 is 2.26 bits per heavy atom. The summed E-state index contributed by atoms with van der Waals surface area (Å²) in [5.41, 5.74) is 0. The lowest BCUT2D eigenvalue weighted by atomic mass is 10.1. The number of sulfonamides is 1. The minimum Gasteiger partial charge on any atom is -0.315 e. The zero-order valence-electron chi connectivity index (χ0n) is 10.3. The molecule has 1 aliphatic heterocycles. The van der Waals surface area contributed by atoms with Crippen LogP contribution in [0.15, 0.2) is 4.34 Å². The van der Waals surface area contributed by atoms with Crippen molar-refractivity contribution in [1.29, 1.82) is 0 Å². The van der Waals surface area contributed by atoms with E-state index in [2.05, 4.69) is 25.6 Å². The first-order chi connectivity index (χ1) is 8.97. The number of carbonyl (C=O) groups is 1. The van der Waals surface area contributed by atoms with Crippen LogP contribution in [0, 0.1) is 0 Å². The van der Waals surface area contributed by atoms with Gasteiger partial charge in [0.25, 0.3) is 10.0 Å². The van der Waals surface area contributed by atoms with Crippen LogP contribution in [-0.4, -0.2) is 43.7 Å². The molecule has 1 aliphatic rings. The lowest BCUT2D eigenvalue weighted by molar-refractivity contribution is -0.114. The second-order valence-corrected chi connectivity index (χ2v) is 7.08. The first-order valence-corrected chi connectivity index (χ1v) is 8.11. The highest BCUT2D eigenvalue weighted by molar-refractivity contribution is 7.91. The second-order valence-electron chi connectivity index (χ2n) is 4.22.